The summed E-state index contributed by atoms with van der Waals surface area (Å²) in [6, 6.07) is 20.9. The van der Waals surface area contributed by atoms with Gasteiger partial charge in [-0.1, -0.05) is 42.5 Å². The first-order valence-corrected chi connectivity index (χ1v) is 7.99. The molecule has 1 aliphatic rings. The van der Waals surface area contributed by atoms with Crippen molar-refractivity contribution in [1.82, 2.24) is 5.32 Å². The van der Waals surface area contributed by atoms with Crippen molar-refractivity contribution in [2.45, 2.75) is 5.54 Å². The first-order valence-electron chi connectivity index (χ1n) is 7.99. The van der Waals surface area contributed by atoms with E-state index in [2.05, 4.69) is 15.7 Å². The molecular formula is C20H13N3O3. The van der Waals surface area contributed by atoms with Crippen molar-refractivity contribution in [3.63, 3.8) is 0 Å². The Hall–Kier alpha value is -3.67. The van der Waals surface area contributed by atoms with Gasteiger partial charge in [0.05, 0.1) is 0 Å². The highest BCUT2D eigenvalue weighted by Crippen LogP contribution is 2.43. The Morgan fingerprint density at radius 3 is 1.69 bits per heavy atom. The minimum Gasteiger partial charge on any atom is -0.334 e. The topological polar surface area (TPSA) is 88.0 Å². The average Bonchev–Trinajstić information content (AvgIpc) is 3.02. The van der Waals surface area contributed by atoms with Gasteiger partial charge in [-0.3, -0.25) is 4.79 Å². The van der Waals surface area contributed by atoms with Gasteiger partial charge >= 0.3 is 0 Å². The molecule has 6 heteroatoms. The maximum atomic E-state index is 12.6. The van der Waals surface area contributed by atoms with Crippen LogP contribution in [0.2, 0.25) is 0 Å². The quantitative estimate of drug-likeness (QED) is 0.707. The number of amides is 1. The van der Waals surface area contributed by atoms with Gasteiger partial charge in [-0.25, -0.2) is 0 Å². The molecule has 1 N–H and O–H groups in total. The Kier molecular flexibility index (Phi) is 3.65. The molecule has 6 nitrogen and oxygen atoms in total. The third kappa shape index (κ3) is 2.23. The Morgan fingerprint density at radius 1 is 0.692 bits per heavy atom. The number of nitrogens with zero attached hydrogens (tertiary/aromatic N) is 2. The number of carbonyl (C=O) groups is 1. The number of hydrogen-bond donors (Lipinski definition) is 1. The zero-order chi connectivity index (χ0) is 18.1. The van der Waals surface area contributed by atoms with E-state index in [1.165, 1.54) is 0 Å². The molecular weight excluding hydrogens is 330 g/mol. The highest BCUT2D eigenvalue weighted by atomic mass is 16.3. The van der Waals surface area contributed by atoms with E-state index in [-0.39, 0.29) is 5.91 Å². The SMILES string of the molecule is O=Nc1ccc(C2(c3ccc(N=O)cc3)NC(=O)c3ccccc32)cc1. The van der Waals surface area contributed by atoms with Crippen molar-refractivity contribution in [2.75, 3.05) is 0 Å². The lowest BCUT2D eigenvalue weighted by Gasteiger charge is -2.32. The molecule has 0 bridgehead atoms. The molecule has 0 aliphatic carbocycles. The summed E-state index contributed by atoms with van der Waals surface area (Å²) in [5.74, 6) is -0.184. The highest BCUT2D eigenvalue weighted by molar-refractivity contribution is 6.01. The molecule has 0 atom stereocenters. The van der Waals surface area contributed by atoms with Gasteiger partial charge in [0.2, 0.25) is 0 Å². The summed E-state index contributed by atoms with van der Waals surface area (Å²) in [7, 11) is 0. The molecule has 3 aromatic rings. The standard InChI is InChI=1S/C20H13N3O3/c24-19-17-3-1-2-4-18(17)20(21-19,13-5-9-15(22-25)10-6-13)14-7-11-16(23-26)12-8-14/h1-12H,(H,21,24). The van der Waals surface area contributed by atoms with Gasteiger partial charge < -0.3 is 5.32 Å². The second-order valence-electron chi connectivity index (χ2n) is 6.03. The predicted molar refractivity (Wildman–Crippen MR) is 97.6 cm³/mol. The fraction of sp³-hybridized carbons (Fsp3) is 0.0500. The third-order valence-electron chi connectivity index (χ3n) is 4.69. The van der Waals surface area contributed by atoms with Crippen LogP contribution in [0.5, 0.6) is 0 Å². The summed E-state index contributed by atoms with van der Waals surface area (Å²) < 4.78 is 0. The summed E-state index contributed by atoms with van der Waals surface area (Å²) in [5.41, 5.74) is 2.66. The summed E-state index contributed by atoms with van der Waals surface area (Å²) >= 11 is 0. The summed E-state index contributed by atoms with van der Waals surface area (Å²) in [6.07, 6.45) is 0. The smallest absolute Gasteiger partial charge is 0.252 e. The zero-order valence-electron chi connectivity index (χ0n) is 13.5. The monoisotopic (exact) mass is 343 g/mol. The fourth-order valence-corrected chi connectivity index (χ4v) is 3.48. The van der Waals surface area contributed by atoms with Crippen LogP contribution in [0, 0.1) is 9.81 Å². The fourth-order valence-electron chi connectivity index (χ4n) is 3.48. The second-order valence-corrected chi connectivity index (χ2v) is 6.03. The first-order chi connectivity index (χ1) is 12.7. The van der Waals surface area contributed by atoms with E-state index in [1.54, 1.807) is 54.6 Å². The Labute approximate surface area is 148 Å². The van der Waals surface area contributed by atoms with Crippen LogP contribution in [0.4, 0.5) is 11.4 Å². The molecule has 26 heavy (non-hydrogen) atoms. The molecule has 126 valence electrons. The van der Waals surface area contributed by atoms with E-state index in [4.69, 9.17) is 0 Å². The lowest BCUT2D eigenvalue weighted by atomic mass is 9.78. The van der Waals surface area contributed by atoms with Gasteiger partial charge in [0.1, 0.15) is 16.9 Å². The molecule has 0 spiro atoms. The van der Waals surface area contributed by atoms with Gasteiger partial charge in [0, 0.05) is 5.56 Å². The number of carbonyl (C=O) groups excluding carboxylic acids is 1. The molecule has 1 heterocycles. The summed E-state index contributed by atoms with van der Waals surface area (Å²) in [5, 5.41) is 8.95. The highest BCUT2D eigenvalue weighted by Gasteiger charge is 2.45. The Balaban J connectivity index is 1.99. The molecule has 4 rings (SSSR count). The van der Waals surface area contributed by atoms with Crippen LogP contribution < -0.4 is 5.32 Å². The number of fused-ring (bicyclic) bond motifs is 1. The van der Waals surface area contributed by atoms with Crippen molar-refractivity contribution in [3.8, 4) is 0 Å². The minimum absolute atomic E-state index is 0.184. The van der Waals surface area contributed by atoms with Crippen molar-refractivity contribution in [1.29, 1.82) is 0 Å². The predicted octanol–water partition coefficient (Wildman–Crippen LogP) is 4.52. The van der Waals surface area contributed by atoms with E-state index in [0.29, 0.717) is 16.9 Å². The van der Waals surface area contributed by atoms with Crippen LogP contribution in [0.1, 0.15) is 27.0 Å². The minimum atomic E-state index is -0.920. The van der Waals surface area contributed by atoms with Gasteiger partial charge in [0.25, 0.3) is 5.91 Å². The average molecular weight is 343 g/mol. The largest absolute Gasteiger partial charge is 0.334 e. The lowest BCUT2D eigenvalue weighted by Crippen LogP contribution is -2.41. The van der Waals surface area contributed by atoms with Crippen molar-refractivity contribution in [3.05, 3.63) is 105 Å². The van der Waals surface area contributed by atoms with E-state index < -0.39 is 5.54 Å². The molecule has 1 amide bonds. The summed E-state index contributed by atoms with van der Waals surface area (Å²) in [6.45, 7) is 0. The molecule has 0 unspecified atom stereocenters. The first kappa shape index (κ1) is 15.8. The van der Waals surface area contributed by atoms with Crippen molar-refractivity contribution < 1.29 is 4.79 Å². The van der Waals surface area contributed by atoms with Crippen molar-refractivity contribution >= 4 is 17.3 Å². The molecule has 0 aromatic heterocycles. The second kappa shape index (κ2) is 6.00. The lowest BCUT2D eigenvalue weighted by molar-refractivity contribution is 0.0948. The van der Waals surface area contributed by atoms with Crippen LogP contribution in [0.25, 0.3) is 0 Å². The molecule has 0 radical (unpaired) electrons. The van der Waals surface area contributed by atoms with E-state index >= 15 is 0 Å². The van der Waals surface area contributed by atoms with E-state index in [0.717, 1.165) is 16.7 Å². The zero-order valence-corrected chi connectivity index (χ0v) is 13.5. The van der Waals surface area contributed by atoms with Gasteiger partial charge in [-0.2, -0.15) is 0 Å². The maximum Gasteiger partial charge on any atom is 0.252 e. The van der Waals surface area contributed by atoms with Crippen LogP contribution in [0.15, 0.2) is 83.2 Å². The van der Waals surface area contributed by atoms with Crippen LogP contribution in [0.3, 0.4) is 0 Å². The van der Waals surface area contributed by atoms with E-state index in [9.17, 15) is 14.6 Å². The molecule has 3 aromatic carbocycles. The molecule has 0 saturated heterocycles. The van der Waals surface area contributed by atoms with Gasteiger partial charge in [0.15, 0.2) is 0 Å². The number of hydrogen-bond acceptors (Lipinski definition) is 5. The Morgan fingerprint density at radius 2 is 1.19 bits per heavy atom. The molecule has 0 saturated carbocycles. The Bertz CT molecular complexity index is 960. The van der Waals surface area contributed by atoms with Crippen LogP contribution in [-0.2, 0) is 5.54 Å². The third-order valence-corrected chi connectivity index (χ3v) is 4.69. The normalized spacial score (nSPS) is 14.4. The number of nitroso groups, excluding NO2 is 2. The van der Waals surface area contributed by atoms with Gasteiger partial charge in [-0.05, 0) is 57.4 Å². The maximum absolute atomic E-state index is 12.6. The van der Waals surface area contributed by atoms with Crippen LogP contribution >= 0.6 is 0 Å². The summed E-state index contributed by atoms with van der Waals surface area (Å²) in [4.78, 5) is 34.1. The van der Waals surface area contributed by atoms with E-state index in [1.807, 2.05) is 18.2 Å². The molecule has 1 aliphatic heterocycles. The van der Waals surface area contributed by atoms with Gasteiger partial charge in [-0.15, -0.1) is 9.81 Å². The number of rotatable bonds is 4. The van der Waals surface area contributed by atoms with Crippen LogP contribution in [-0.4, -0.2) is 5.91 Å². The van der Waals surface area contributed by atoms with Crippen molar-refractivity contribution in [2.24, 2.45) is 10.4 Å². The molecule has 0 fully saturated rings. The number of benzene rings is 3. The number of nitrogens with one attached hydrogen (secondary N) is 1.